The van der Waals surface area contributed by atoms with Crippen LogP contribution in [0.15, 0.2) is 41.8 Å². The number of amides is 1. The van der Waals surface area contributed by atoms with E-state index in [-0.39, 0.29) is 11.9 Å². The molecule has 124 valence electrons. The van der Waals surface area contributed by atoms with Crippen molar-refractivity contribution in [2.24, 2.45) is 0 Å². The van der Waals surface area contributed by atoms with Gasteiger partial charge < -0.3 is 9.64 Å². The minimum atomic E-state index is -0.320. The number of thiophene rings is 1. The van der Waals surface area contributed by atoms with Crippen molar-refractivity contribution in [2.75, 3.05) is 33.3 Å². The van der Waals surface area contributed by atoms with Crippen LogP contribution in [0.25, 0.3) is 0 Å². The molecule has 1 amide bonds. The van der Waals surface area contributed by atoms with Gasteiger partial charge in [-0.1, -0.05) is 18.2 Å². The highest BCUT2D eigenvalue weighted by Gasteiger charge is 2.27. The van der Waals surface area contributed by atoms with E-state index < -0.39 is 0 Å². The van der Waals surface area contributed by atoms with E-state index >= 15 is 0 Å². The molecule has 1 fully saturated rings. The zero-order valence-corrected chi connectivity index (χ0v) is 14.3. The Morgan fingerprint density at radius 1 is 1.25 bits per heavy atom. The van der Waals surface area contributed by atoms with Crippen LogP contribution in [0.4, 0.5) is 0 Å². The van der Waals surface area contributed by atoms with Crippen LogP contribution >= 0.6 is 11.3 Å². The van der Waals surface area contributed by atoms with Crippen LogP contribution in [0.1, 0.15) is 21.3 Å². The van der Waals surface area contributed by atoms with Crippen LogP contribution in [0.5, 0.6) is 5.75 Å². The lowest BCUT2D eigenvalue weighted by molar-refractivity contribution is 0.0611. The summed E-state index contributed by atoms with van der Waals surface area (Å²) in [6.07, 6.45) is 0. The molecular formula is C18H19N3O2S. The molecule has 1 atom stereocenters. The molecule has 0 spiro atoms. The van der Waals surface area contributed by atoms with E-state index in [0.29, 0.717) is 26.2 Å². The minimum Gasteiger partial charge on any atom is -0.497 e. The Bertz CT molecular complexity index is 731. The minimum absolute atomic E-state index is 0.0829. The number of nitriles is 1. The fourth-order valence-electron chi connectivity index (χ4n) is 2.92. The predicted molar refractivity (Wildman–Crippen MR) is 93.1 cm³/mol. The van der Waals surface area contributed by atoms with Gasteiger partial charge in [0.1, 0.15) is 11.8 Å². The van der Waals surface area contributed by atoms with Gasteiger partial charge in [-0.15, -0.1) is 11.3 Å². The van der Waals surface area contributed by atoms with Crippen LogP contribution in [-0.2, 0) is 0 Å². The normalized spacial score (nSPS) is 16.4. The number of nitrogens with zero attached hydrogens (tertiary/aromatic N) is 3. The molecule has 5 nitrogen and oxygen atoms in total. The summed E-state index contributed by atoms with van der Waals surface area (Å²) in [4.78, 5) is 17.1. The standard InChI is InChI=1S/C18H19N3O2S/c1-23-15-5-2-4-14(12-15)16(13-19)20-7-9-21(10-8-20)18(22)17-6-3-11-24-17/h2-6,11-12,16H,7-10H2,1H3. The van der Waals surface area contributed by atoms with E-state index in [1.165, 1.54) is 11.3 Å². The first-order chi connectivity index (χ1) is 11.7. The highest BCUT2D eigenvalue weighted by molar-refractivity contribution is 7.12. The number of methoxy groups -OCH3 is 1. The van der Waals surface area contributed by atoms with E-state index in [4.69, 9.17) is 4.74 Å². The topological polar surface area (TPSA) is 56.6 Å². The lowest BCUT2D eigenvalue weighted by Gasteiger charge is -2.36. The van der Waals surface area contributed by atoms with E-state index in [2.05, 4.69) is 11.0 Å². The number of hydrogen-bond acceptors (Lipinski definition) is 5. The molecule has 1 aliphatic rings. The molecule has 0 N–H and O–H groups in total. The van der Waals surface area contributed by atoms with E-state index in [1.54, 1.807) is 7.11 Å². The molecule has 24 heavy (non-hydrogen) atoms. The molecule has 1 saturated heterocycles. The first-order valence-corrected chi connectivity index (χ1v) is 8.71. The van der Waals surface area contributed by atoms with Gasteiger partial charge in [0.2, 0.25) is 0 Å². The fraction of sp³-hybridized carbons (Fsp3) is 0.333. The number of carbonyl (C=O) groups is 1. The molecule has 1 aromatic carbocycles. The summed E-state index contributed by atoms with van der Waals surface area (Å²) >= 11 is 1.47. The van der Waals surface area contributed by atoms with Gasteiger partial charge >= 0.3 is 0 Å². The van der Waals surface area contributed by atoms with Crippen LogP contribution < -0.4 is 4.74 Å². The smallest absolute Gasteiger partial charge is 0.264 e. The van der Waals surface area contributed by atoms with Gasteiger partial charge in [-0.05, 0) is 29.1 Å². The molecule has 6 heteroatoms. The predicted octanol–water partition coefficient (Wildman–Crippen LogP) is 2.78. The molecule has 2 aromatic rings. The third kappa shape index (κ3) is 3.42. The van der Waals surface area contributed by atoms with Crippen molar-refractivity contribution >= 4 is 17.2 Å². The highest BCUT2D eigenvalue weighted by atomic mass is 32.1. The van der Waals surface area contributed by atoms with Gasteiger partial charge in [0.05, 0.1) is 18.1 Å². The van der Waals surface area contributed by atoms with Crippen LogP contribution in [0.2, 0.25) is 0 Å². The molecule has 0 aliphatic carbocycles. The summed E-state index contributed by atoms with van der Waals surface area (Å²) in [6.45, 7) is 2.65. The SMILES string of the molecule is COc1cccc(C(C#N)N2CCN(C(=O)c3cccs3)CC2)c1. The Kier molecular flexibility index (Phi) is 5.14. The molecular weight excluding hydrogens is 322 g/mol. The molecule has 3 rings (SSSR count). The van der Waals surface area contributed by atoms with Crippen molar-refractivity contribution in [3.63, 3.8) is 0 Å². The average Bonchev–Trinajstić information content (AvgIpc) is 3.17. The van der Waals surface area contributed by atoms with Crippen molar-refractivity contribution in [1.82, 2.24) is 9.80 Å². The van der Waals surface area contributed by atoms with Gasteiger partial charge in [0.15, 0.2) is 0 Å². The van der Waals surface area contributed by atoms with Crippen LogP contribution in [-0.4, -0.2) is 49.0 Å². The Hall–Kier alpha value is -2.36. The summed E-state index contributed by atoms with van der Waals surface area (Å²) in [5.41, 5.74) is 0.926. The van der Waals surface area contributed by atoms with Crippen molar-refractivity contribution in [2.45, 2.75) is 6.04 Å². The Labute approximate surface area is 145 Å². The number of ether oxygens (including phenoxy) is 1. The van der Waals surface area contributed by atoms with Crippen molar-refractivity contribution in [3.05, 3.63) is 52.2 Å². The second-order valence-electron chi connectivity index (χ2n) is 5.61. The monoisotopic (exact) mass is 341 g/mol. The summed E-state index contributed by atoms with van der Waals surface area (Å²) in [5.74, 6) is 0.832. The Balaban J connectivity index is 1.66. The van der Waals surface area contributed by atoms with E-state index in [0.717, 1.165) is 16.2 Å². The van der Waals surface area contributed by atoms with Gasteiger partial charge in [0, 0.05) is 26.2 Å². The largest absolute Gasteiger partial charge is 0.497 e. The maximum Gasteiger partial charge on any atom is 0.264 e. The molecule has 0 bridgehead atoms. The summed E-state index contributed by atoms with van der Waals surface area (Å²) < 4.78 is 5.25. The third-order valence-corrected chi connectivity index (χ3v) is 5.09. The zero-order valence-electron chi connectivity index (χ0n) is 13.5. The molecule has 1 aromatic heterocycles. The molecule has 1 unspecified atom stereocenters. The first-order valence-electron chi connectivity index (χ1n) is 7.83. The second kappa shape index (κ2) is 7.47. The van der Waals surface area contributed by atoms with Crippen molar-refractivity contribution < 1.29 is 9.53 Å². The maximum absolute atomic E-state index is 12.4. The van der Waals surface area contributed by atoms with Gasteiger partial charge in [0.25, 0.3) is 5.91 Å². The molecule has 0 radical (unpaired) electrons. The van der Waals surface area contributed by atoms with Gasteiger partial charge in [-0.3, -0.25) is 9.69 Å². The number of carbonyl (C=O) groups excluding carboxylic acids is 1. The van der Waals surface area contributed by atoms with E-state index in [9.17, 15) is 10.1 Å². The fourth-order valence-corrected chi connectivity index (χ4v) is 3.61. The van der Waals surface area contributed by atoms with Gasteiger partial charge in [-0.2, -0.15) is 5.26 Å². The quantitative estimate of drug-likeness (QED) is 0.858. The lowest BCUT2D eigenvalue weighted by atomic mass is 10.1. The van der Waals surface area contributed by atoms with Crippen molar-refractivity contribution in [1.29, 1.82) is 5.26 Å². The lowest BCUT2D eigenvalue weighted by Crippen LogP contribution is -2.49. The van der Waals surface area contributed by atoms with Crippen molar-refractivity contribution in [3.8, 4) is 11.8 Å². The first kappa shape index (κ1) is 16.5. The Morgan fingerprint density at radius 3 is 2.67 bits per heavy atom. The Morgan fingerprint density at radius 2 is 2.04 bits per heavy atom. The van der Waals surface area contributed by atoms with Crippen LogP contribution in [0.3, 0.4) is 0 Å². The number of hydrogen-bond donors (Lipinski definition) is 0. The van der Waals surface area contributed by atoms with Gasteiger partial charge in [-0.25, -0.2) is 0 Å². The summed E-state index contributed by atoms with van der Waals surface area (Å²) in [6, 6.07) is 13.4. The van der Waals surface area contributed by atoms with E-state index in [1.807, 2.05) is 46.7 Å². The van der Waals surface area contributed by atoms with Crippen LogP contribution in [0, 0.1) is 11.3 Å². The molecule has 0 saturated carbocycles. The average molecular weight is 341 g/mol. The molecule has 1 aliphatic heterocycles. The number of piperazine rings is 1. The zero-order chi connectivity index (χ0) is 16.9. The number of rotatable bonds is 4. The number of benzene rings is 1. The second-order valence-corrected chi connectivity index (χ2v) is 6.56. The summed E-state index contributed by atoms with van der Waals surface area (Å²) in [7, 11) is 1.62. The molecule has 2 heterocycles. The highest BCUT2D eigenvalue weighted by Crippen LogP contribution is 2.25. The summed E-state index contributed by atoms with van der Waals surface area (Å²) in [5, 5.41) is 11.5. The third-order valence-electron chi connectivity index (χ3n) is 4.23. The maximum atomic E-state index is 12.4.